The van der Waals surface area contributed by atoms with E-state index in [9.17, 15) is 34.2 Å². The summed E-state index contributed by atoms with van der Waals surface area (Å²) in [7, 11) is 0. The van der Waals surface area contributed by atoms with Crippen LogP contribution in [0.15, 0.2) is 104 Å². The van der Waals surface area contributed by atoms with Gasteiger partial charge in [-0.2, -0.15) is 0 Å². The highest BCUT2D eigenvalue weighted by atomic mass is 16.6. The van der Waals surface area contributed by atoms with Gasteiger partial charge in [-0.1, -0.05) is 80.5 Å². The third kappa shape index (κ3) is 8.15. The second-order valence-electron chi connectivity index (χ2n) is 20.7. The van der Waals surface area contributed by atoms with Gasteiger partial charge in [-0.3, -0.25) is 9.59 Å². The van der Waals surface area contributed by atoms with Gasteiger partial charge in [-0.15, -0.1) is 0 Å². The molecule has 3 aromatic carbocycles. The molecule has 380 valence electrons. The number of cyclic esters (lactones) is 2. The predicted molar refractivity (Wildman–Crippen MR) is 283 cm³/mol. The molecular weight excluding hydrogens is 937 g/mol. The summed E-state index contributed by atoms with van der Waals surface area (Å²) >= 11 is 0. The van der Waals surface area contributed by atoms with Crippen LogP contribution in [-0.4, -0.2) is 41.3 Å². The molecule has 5 aromatic heterocycles. The van der Waals surface area contributed by atoms with E-state index in [1.54, 1.807) is 41.2 Å². The van der Waals surface area contributed by atoms with Crippen molar-refractivity contribution in [1.29, 1.82) is 0 Å². The monoisotopic (exact) mass is 996 g/mol. The summed E-state index contributed by atoms with van der Waals surface area (Å²) in [6.07, 6.45) is 1.10. The molecule has 14 nitrogen and oxygen atoms in total. The highest BCUT2D eigenvalue weighted by Gasteiger charge is 2.47. The number of aryl methyl sites for hydroxylation is 1. The number of rotatable bonds is 6. The average Bonchev–Trinajstić information content (AvgIpc) is 3.96. The summed E-state index contributed by atoms with van der Waals surface area (Å²) in [4.78, 5) is 71.8. The molecule has 4 aliphatic heterocycles. The summed E-state index contributed by atoms with van der Waals surface area (Å²) in [6, 6.07) is 27.3. The van der Waals surface area contributed by atoms with Crippen LogP contribution in [0, 0.1) is 0 Å². The molecule has 0 amide bonds. The highest BCUT2D eigenvalue weighted by molar-refractivity contribution is 5.90. The topological polar surface area (TPSA) is 193 Å². The van der Waals surface area contributed by atoms with Gasteiger partial charge in [0, 0.05) is 44.5 Å². The Morgan fingerprint density at radius 3 is 1.65 bits per heavy atom. The third-order valence-corrected chi connectivity index (χ3v) is 15.4. The zero-order chi connectivity index (χ0) is 52.7. The van der Waals surface area contributed by atoms with Crippen molar-refractivity contribution < 1.29 is 33.7 Å². The van der Waals surface area contributed by atoms with E-state index in [1.807, 2.05) is 24.3 Å². The molecular formula is C60H60N4O10. The zero-order valence-electron chi connectivity index (χ0n) is 43.2. The molecule has 0 bridgehead atoms. The van der Waals surface area contributed by atoms with Crippen molar-refractivity contribution in [2.75, 3.05) is 0 Å². The molecule has 0 saturated heterocycles. The van der Waals surface area contributed by atoms with E-state index < -0.39 is 23.1 Å². The minimum atomic E-state index is -1.80. The van der Waals surface area contributed by atoms with Crippen molar-refractivity contribution in [3.05, 3.63) is 172 Å². The van der Waals surface area contributed by atoms with E-state index in [4.69, 9.17) is 23.9 Å². The Labute approximate surface area is 427 Å². The molecule has 4 aliphatic rings. The van der Waals surface area contributed by atoms with Gasteiger partial charge >= 0.3 is 17.6 Å². The number of hydrogen-bond acceptors (Lipinski definition) is 12. The molecule has 0 unspecified atom stereocenters. The van der Waals surface area contributed by atoms with Crippen LogP contribution >= 0.6 is 0 Å². The summed E-state index contributed by atoms with van der Waals surface area (Å²) in [5, 5.41) is 25.1. The average molecular weight is 997 g/mol. The lowest BCUT2D eigenvalue weighted by Gasteiger charge is -2.31. The maximum atomic E-state index is 13.4. The van der Waals surface area contributed by atoms with Crippen molar-refractivity contribution >= 4 is 44.7 Å². The number of nitrogens with zero attached hydrogens (tertiary/aromatic N) is 4. The van der Waals surface area contributed by atoms with Gasteiger partial charge in [-0.05, 0) is 120 Å². The molecule has 0 radical (unpaired) electrons. The smallest absolute Gasteiger partial charge is 0.343 e. The maximum Gasteiger partial charge on any atom is 0.343 e. The normalized spacial score (nSPS) is 18.0. The summed E-state index contributed by atoms with van der Waals surface area (Å²) in [5.74, 6) is -0.0808. The number of carbonyl (C=O) groups excluding carboxylic acids is 2. The first-order valence-electron chi connectivity index (χ1n) is 25.6. The molecule has 2 atom stereocenters. The lowest BCUT2D eigenvalue weighted by Crippen LogP contribution is -2.44. The van der Waals surface area contributed by atoms with Crippen molar-refractivity contribution in [3.63, 3.8) is 0 Å². The van der Waals surface area contributed by atoms with Gasteiger partial charge < -0.3 is 33.2 Å². The molecule has 14 heteroatoms. The number of hydrogen-bond donors (Lipinski definition) is 2. The molecule has 8 aromatic rings. The highest BCUT2D eigenvalue weighted by Crippen LogP contribution is 2.42. The number of aliphatic hydroxyl groups is 2. The van der Waals surface area contributed by atoms with Crippen LogP contribution in [0.4, 0.5) is 0 Å². The Bertz CT molecular complexity index is 3850. The van der Waals surface area contributed by atoms with Gasteiger partial charge in [0.25, 0.3) is 11.1 Å². The lowest BCUT2D eigenvalue weighted by molar-refractivity contribution is -0.172. The molecule has 0 aliphatic carbocycles. The quantitative estimate of drug-likeness (QED) is 0.119. The van der Waals surface area contributed by atoms with Crippen LogP contribution in [-0.2, 0) is 63.0 Å². The van der Waals surface area contributed by atoms with E-state index in [0.717, 1.165) is 56.1 Å². The van der Waals surface area contributed by atoms with Gasteiger partial charge in [0.15, 0.2) is 11.2 Å². The van der Waals surface area contributed by atoms with Crippen LogP contribution in [0.5, 0.6) is 0 Å². The Balaban J connectivity index is 0.000000136. The molecule has 9 heterocycles. The first-order valence-corrected chi connectivity index (χ1v) is 25.6. The van der Waals surface area contributed by atoms with Crippen molar-refractivity contribution in [2.45, 2.75) is 137 Å². The molecule has 12 rings (SSSR count). The lowest BCUT2D eigenvalue weighted by atomic mass is 9.86. The van der Waals surface area contributed by atoms with Crippen molar-refractivity contribution in [2.24, 2.45) is 0 Å². The van der Waals surface area contributed by atoms with E-state index in [0.29, 0.717) is 70.1 Å². The zero-order valence-corrected chi connectivity index (χ0v) is 43.2. The SMILES string of the molecule is CC(C)c1ccc2oc(=O)ccc2c1.CC[C@@]1(O)C(=O)OCc2c1cc1n(c2=O)Cc2cc3cc(C(C)C)ccc3nc2-1.CCc1c2c(nc3ccc(C(C)C)cc13)-c1cc3c(c(=O)n1C2)COC(=O)[C@]3(O)CC. The van der Waals surface area contributed by atoms with E-state index >= 15 is 0 Å². The minimum Gasteiger partial charge on any atom is -0.458 e. The third-order valence-electron chi connectivity index (χ3n) is 15.4. The molecule has 2 N–H and O–H groups in total. The van der Waals surface area contributed by atoms with Crippen LogP contribution in [0.25, 0.3) is 55.6 Å². The van der Waals surface area contributed by atoms with E-state index in [-0.39, 0.29) is 42.8 Å². The first-order chi connectivity index (χ1) is 35.3. The van der Waals surface area contributed by atoms with Gasteiger partial charge in [0.05, 0.1) is 58.0 Å². The number of esters is 2. The van der Waals surface area contributed by atoms with Crippen LogP contribution in [0.1, 0.15) is 149 Å². The number of pyridine rings is 4. The molecule has 0 saturated carbocycles. The Hall–Kier alpha value is -7.55. The Morgan fingerprint density at radius 1 is 0.568 bits per heavy atom. The fourth-order valence-electron chi connectivity index (χ4n) is 10.8. The number of carbonyl (C=O) groups is 2. The van der Waals surface area contributed by atoms with Crippen LogP contribution in [0.2, 0.25) is 0 Å². The molecule has 74 heavy (non-hydrogen) atoms. The number of benzene rings is 3. The van der Waals surface area contributed by atoms with Gasteiger partial charge in [0.2, 0.25) is 0 Å². The Morgan fingerprint density at radius 2 is 1.08 bits per heavy atom. The molecule has 0 spiro atoms. The second kappa shape index (κ2) is 18.7. The second-order valence-corrected chi connectivity index (χ2v) is 20.7. The minimum absolute atomic E-state index is 0.111. The van der Waals surface area contributed by atoms with Crippen LogP contribution < -0.4 is 16.7 Å². The summed E-state index contributed by atoms with van der Waals surface area (Å²) in [5.41, 5.74) is 9.19. The first kappa shape index (κ1) is 50.0. The molecule has 0 fully saturated rings. The maximum absolute atomic E-state index is 13.4. The number of aromatic nitrogens is 4. The largest absolute Gasteiger partial charge is 0.458 e. The van der Waals surface area contributed by atoms with Gasteiger partial charge in [0.1, 0.15) is 18.8 Å². The predicted octanol–water partition coefficient (Wildman–Crippen LogP) is 9.88. The number of ether oxygens (including phenoxy) is 2. The van der Waals surface area contributed by atoms with Crippen molar-refractivity contribution in [1.82, 2.24) is 19.1 Å². The fraction of sp³-hybridized carbons (Fsp3) is 0.350. The van der Waals surface area contributed by atoms with E-state index in [2.05, 4.69) is 84.9 Å². The standard InChI is InChI=1S/C25H26N2O4.C23H22N2O4.C12H12O2/c1-5-15-16-9-14(13(3)4)7-8-20(16)26-22-17(15)11-27-21(22)10-19-18(23(27)28)12-31-24(29)25(19,30)6-2;1-4-23(28)17-9-19-20-15(10-25(19)21(26)16(17)11-29-22(23)27)8-14-7-13(12(2)3)5-6-18(14)24-20;1-8(2)9-3-5-11-10(7-9)4-6-12(13)14-11/h7-10,13,30H,5-6,11-12H2,1-4H3;5-9,12,28H,4,10-11H2,1-3H3;3-8H,1-2H3/t25-;23-;/m00./s1. The number of fused-ring (bicyclic) bond motifs is 11. The van der Waals surface area contributed by atoms with E-state index in [1.165, 1.54) is 28.3 Å². The Kier molecular flexibility index (Phi) is 12.7. The summed E-state index contributed by atoms with van der Waals surface area (Å²) in [6.45, 7) is 19.1. The fourth-order valence-corrected chi connectivity index (χ4v) is 10.8. The summed E-state index contributed by atoms with van der Waals surface area (Å²) < 4.78 is 18.7. The van der Waals surface area contributed by atoms with Crippen LogP contribution in [0.3, 0.4) is 0 Å². The van der Waals surface area contributed by atoms with Gasteiger partial charge in [-0.25, -0.2) is 24.4 Å². The van der Waals surface area contributed by atoms with Crippen molar-refractivity contribution in [3.8, 4) is 22.8 Å².